The molecule has 2 amide bonds. The van der Waals surface area contributed by atoms with E-state index >= 15 is 0 Å². The molecule has 1 aromatic heterocycles. The number of carbonyl (C=O) groups excluding carboxylic acids is 1. The number of urea groups is 1. The molecule has 0 fully saturated rings. The van der Waals surface area contributed by atoms with Crippen LogP contribution in [0.3, 0.4) is 0 Å². The van der Waals surface area contributed by atoms with Crippen LogP contribution in [0.1, 0.15) is 29.9 Å². The maximum atomic E-state index is 12.7. The topological polar surface area (TPSA) is 71.8 Å². The molecule has 6 nitrogen and oxygen atoms in total. The van der Waals surface area contributed by atoms with Gasteiger partial charge in [-0.3, -0.25) is 4.57 Å². The average molecular weight is 557 g/mol. The van der Waals surface area contributed by atoms with Crippen LogP contribution in [0.15, 0.2) is 82.4 Å². The SMILES string of the molecule is Cc1ccc(Cl)cc1-n1c(SCc2ccccc2)nnc1C(C)NC(=O)Nc1ccccc1Br. The van der Waals surface area contributed by atoms with Gasteiger partial charge < -0.3 is 10.6 Å². The van der Waals surface area contributed by atoms with E-state index in [1.54, 1.807) is 11.8 Å². The van der Waals surface area contributed by atoms with E-state index in [4.69, 9.17) is 11.6 Å². The van der Waals surface area contributed by atoms with Crippen molar-refractivity contribution in [1.29, 1.82) is 0 Å². The molecular formula is C25H23BrClN5OS. The molecule has 1 unspecified atom stereocenters. The zero-order valence-corrected chi connectivity index (χ0v) is 21.8. The maximum absolute atomic E-state index is 12.7. The van der Waals surface area contributed by atoms with Crippen LogP contribution in [0.25, 0.3) is 5.69 Å². The van der Waals surface area contributed by atoms with E-state index in [-0.39, 0.29) is 6.03 Å². The van der Waals surface area contributed by atoms with Crippen molar-refractivity contribution >= 4 is 51.0 Å². The van der Waals surface area contributed by atoms with Gasteiger partial charge in [0.05, 0.1) is 17.4 Å². The van der Waals surface area contributed by atoms with Crippen molar-refractivity contribution in [2.24, 2.45) is 0 Å². The fourth-order valence-electron chi connectivity index (χ4n) is 3.41. The van der Waals surface area contributed by atoms with Crippen molar-refractivity contribution in [3.05, 3.63) is 99.2 Å². The number of aryl methyl sites for hydroxylation is 1. The molecule has 4 aromatic rings. The summed E-state index contributed by atoms with van der Waals surface area (Å²) in [5, 5.41) is 16.1. The molecule has 34 heavy (non-hydrogen) atoms. The lowest BCUT2D eigenvalue weighted by Gasteiger charge is -2.18. The lowest BCUT2D eigenvalue weighted by atomic mass is 10.2. The highest BCUT2D eigenvalue weighted by Gasteiger charge is 2.22. The smallest absolute Gasteiger partial charge is 0.319 e. The van der Waals surface area contributed by atoms with E-state index in [1.807, 2.05) is 79.1 Å². The monoisotopic (exact) mass is 555 g/mol. The predicted octanol–water partition coefficient (Wildman–Crippen LogP) is 7.17. The Labute approximate surface area is 216 Å². The van der Waals surface area contributed by atoms with Gasteiger partial charge in [-0.05, 0) is 65.2 Å². The molecule has 3 aromatic carbocycles. The number of hydrogen-bond acceptors (Lipinski definition) is 4. The third kappa shape index (κ3) is 5.81. The fraction of sp³-hybridized carbons (Fsp3) is 0.160. The van der Waals surface area contributed by atoms with Gasteiger partial charge in [0.25, 0.3) is 0 Å². The number of para-hydroxylation sites is 1. The molecule has 0 saturated heterocycles. The Morgan fingerprint density at radius 2 is 1.82 bits per heavy atom. The highest BCUT2D eigenvalue weighted by atomic mass is 79.9. The van der Waals surface area contributed by atoms with Crippen molar-refractivity contribution in [3.63, 3.8) is 0 Å². The zero-order chi connectivity index (χ0) is 24.1. The molecular weight excluding hydrogens is 534 g/mol. The van der Waals surface area contributed by atoms with Crippen LogP contribution in [0.4, 0.5) is 10.5 Å². The van der Waals surface area contributed by atoms with Crippen LogP contribution in [-0.4, -0.2) is 20.8 Å². The number of aromatic nitrogens is 3. The van der Waals surface area contributed by atoms with Crippen LogP contribution >= 0.6 is 39.3 Å². The molecule has 0 saturated carbocycles. The quantitative estimate of drug-likeness (QED) is 0.237. The van der Waals surface area contributed by atoms with E-state index in [9.17, 15) is 4.79 Å². The van der Waals surface area contributed by atoms with Crippen LogP contribution < -0.4 is 10.6 Å². The molecule has 1 atom stereocenters. The Kier molecular flexibility index (Phi) is 7.92. The third-order valence-corrected chi connectivity index (χ3v) is 7.06. The van der Waals surface area contributed by atoms with Crippen LogP contribution in [-0.2, 0) is 5.75 Å². The zero-order valence-electron chi connectivity index (χ0n) is 18.6. The Balaban J connectivity index is 1.62. The number of hydrogen-bond donors (Lipinski definition) is 2. The van der Waals surface area contributed by atoms with Crippen molar-refractivity contribution in [2.45, 2.75) is 30.8 Å². The number of thioether (sulfide) groups is 1. The molecule has 0 radical (unpaired) electrons. The Morgan fingerprint density at radius 1 is 1.09 bits per heavy atom. The first-order chi connectivity index (χ1) is 16.4. The predicted molar refractivity (Wildman–Crippen MR) is 142 cm³/mol. The van der Waals surface area contributed by atoms with E-state index in [0.717, 1.165) is 26.6 Å². The van der Waals surface area contributed by atoms with Gasteiger partial charge in [0.15, 0.2) is 11.0 Å². The minimum atomic E-state index is -0.417. The highest BCUT2D eigenvalue weighted by Crippen LogP contribution is 2.30. The molecule has 0 aliphatic rings. The van der Waals surface area contributed by atoms with Crippen LogP contribution in [0.2, 0.25) is 5.02 Å². The first-order valence-corrected chi connectivity index (χ1v) is 12.8. The van der Waals surface area contributed by atoms with Gasteiger partial charge >= 0.3 is 6.03 Å². The molecule has 4 rings (SSSR count). The van der Waals surface area contributed by atoms with Crippen molar-refractivity contribution < 1.29 is 4.79 Å². The van der Waals surface area contributed by atoms with Gasteiger partial charge in [-0.1, -0.05) is 71.9 Å². The number of benzene rings is 3. The van der Waals surface area contributed by atoms with Crippen molar-refractivity contribution in [3.8, 4) is 5.69 Å². The Hall–Kier alpha value is -2.81. The minimum Gasteiger partial charge on any atom is -0.328 e. The van der Waals surface area contributed by atoms with Gasteiger partial charge in [-0.25, -0.2) is 4.79 Å². The molecule has 0 aliphatic heterocycles. The normalized spacial score (nSPS) is 11.8. The number of nitrogens with zero attached hydrogens (tertiary/aromatic N) is 3. The number of amides is 2. The molecule has 0 bridgehead atoms. The van der Waals surface area contributed by atoms with Gasteiger partial charge in [0.2, 0.25) is 0 Å². The summed E-state index contributed by atoms with van der Waals surface area (Å²) in [6, 6.07) is 22.6. The summed E-state index contributed by atoms with van der Waals surface area (Å²) in [6.07, 6.45) is 0. The summed E-state index contributed by atoms with van der Waals surface area (Å²) >= 11 is 11.4. The molecule has 0 spiro atoms. The average Bonchev–Trinajstić information content (AvgIpc) is 3.25. The second kappa shape index (κ2) is 11.1. The number of nitrogens with one attached hydrogen (secondary N) is 2. The number of halogens is 2. The first-order valence-electron chi connectivity index (χ1n) is 10.6. The van der Waals surface area contributed by atoms with Crippen molar-refractivity contribution in [2.75, 3.05) is 5.32 Å². The molecule has 2 N–H and O–H groups in total. The lowest BCUT2D eigenvalue weighted by molar-refractivity contribution is 0.248. The lowest BCUT2D eigenvalue weighted by Crippen LogP contribution is -2.32. The van der Waals surface area contributed by atoms with Crippen molar-refractivity contribution in [1.82, 2.24) is 20.1 Å². The van der Waals surface area contributed by atoms with Crippen LogP contribution in [0, 0.1) is 6.92 Å². The number of carbonyl (C=O) groups is 1. The highest BCUT2D eigenvalue weighted by molar-refractivity contribution is 9.10. The molecule has 1 heterocycles. The van der Waals surface area contributed by atoms with Crippen LogP contribution in [0.5, 0.6) is 0 Å². The molecule has 9 heteroatoms. The van der Waals surface area contributed by atoms with Gasteiger partial charge in [0.1, 0.15) is 0 Å². The van der Waals surface area contributed by atoms with E-state index in [0.29, 0.717) is 16.5 Å². The summed E-state index contributed by atoms with van der Waals surface area (Å²) in [5.74, 6) is 1.35. The second-order valence-electron chi connectivity index (χ2n) is 7.68. The van der Waals surface area contributed by atoms with E-state index in [1.165, 1.54) is 5.56 Å². The first kappa shape index (κ1) is 24.3. The maximum Gasteiger partial charge on any atom is 0.319 e. The van der Waals surface area contributed by atoms with Gasteiger partial charge in [-0.2, -0.15) is 0 Å². The van der Waals surface area contributed by atoms with Gasteiger partial charge in [-0.15, -0.1) is 10.2 Å². The molecule has 0 aliphatic carbocycles. The number of anilines is 1. The summed E-state index contributed by atoms with van der Waals surface area (Å²) < 4.78 is 2.77. The third-order valence-electron chi connectivity index (χ3n) is 5.14. The largest absolute Gasteiger partial charge is 0.328 e. The van der Waals surface area contributed by atoms with E-state index in [2.05, 4.69) is 48.9 Å². The molecule has 174 valence electrons. The fourth-order valence-corrected chi connectivity index (χ4v) is 4.87. The number of rotatable bonds is 7. The summed E-state index contributed by atoms with van der Waals surface area (Å²) in [7, 11) is 0. The van der Waals surface area contributed by atoms with Gasteiger partial charge in [0, 0.05) is 15.2 Å². The summed E-state index contributed by atoms with van der Waals surface area (Å²) in [4.78, 5) is 12.7. The minimum absolute atomic E-state index is 0.338. The second-order valence-corrected chi connectivity index (χ2v) is 9.91. The Morgan fingerprint density at radius 3 is 2.59 bits per heavy atom. The summed E-state index contributed by atoms with van der Waals surface area (Å²) in [5.41, 5.74) is 3.77. The summed E-state index contributed by atoms with van der Waals surface area (Å²) in [6.45, 7) is 3.89. The van der Waals surface area contributed by atoms with E-state index < -0.39 is 6.04 Å². The Bertz CT molecular complexity index is 1300. The standard InChI is InChI=1S/C25H23BrClN5OS/c1-16-12-13-19(27)14-22(16)32-23(30-31-25(32)34-15-18-8-4-3-5-9-18)17(2)28-24(33)29-21-11-7-6-10-20(21)26/h3-14,17H,15H2,1-2H3,(H2,28,29,33).